The third kappa shape index (κ3) is 4.94. The van der Waals surface area contributed by atoms with Crippen LogP contribution in [-0.2, 0) is 4.79 Å². The molecule has 0 radical (unpaired) electrons. The monoisotopic (exact) mass is 335 g/mol. The predicted octanol–water partition coefficient (Wildman–Crippen LogP) is 3.62. The van der Waals surface area contributed by atoms with E-state index in [0.717, 1.165) is 23.4 Å². The molecule has 128 valence electrons. The molecule has 0 bridgehead atoms. The van der Waals surface area contributed by atoms with Crippen molar-refractivity contribution < 1.29 is 23.0 Å². The Morgan fingerprint density at radius 3 is 2.46 bits per heavy atom. The first-order valence-corrected chi connectivity index (χ1v) is 7.59. The first kappa shape index (κ1) is 17.7. The van der Waals surface area contributed by atoms with Crippen LogP contribution >= 0.6 is 0 Å². The summed E-state index contributed by atoms with van der Waals surface area (Å²) in [5.74, 6) is -1.36. The number of amides is 1. The molecule has 24 heavy (non-hydrogen) atoms. The van der Waals surface area contributed by atoms with Crippen molar-refractivity contribution in [1.29, 1.82) is 0 Å². The van der Waals surface area contributed by atoms with E-state index in [0.29, 0.717) is 12.7 Å². The van der Waals surface area contributed by atoms with Gasteiger partial charge in [-0.25, -0.2) is 8.78 Å². The summed E-state index contributed by atoms with van der Waals surface area (Å²) in [5.41, 5.74) is 0.903. The lowest BCUT2D eigenvalue weighted by Gasteiger charge is -2.15. The third-order valence-electron chi connectivity index (χ3n) is 3.32. The van der Waals surface area contributed by atoms with Crippen molar-refractivity contribution in [2.24, 2.45) is 0 Å². The highest BCUT2D eigenvalue weighted by molar-refractivity contribution is 5.78. The molecule has 0 heterocycles. The Bertz CT molecular complexity index is 689. The predicted molar refractivity (Wildman–Crippen MR) is 86.0 cm³/mol. The van der Waals surface area contributed by atoms with Crippen LogP contribution < -0.4 is 14.8 Å². The minimum atomic E-state index is -0.845. The molecule has 1 unspecified atom stereocenters. The molecule has 0 aromatic heterocycles. The fourth-order valence-corrected chi connectivity index (χ4v) is 2.12. The van der Waals surface area contributed by atoms with Gasteiger partial charge in [0.25, 0.3) is 5.91 Å². The summed E-state index contributed by atoms with van der Waals surface area (Å²) in [6.45, 7) is 3.96. The highest BCUT2D eigenvalue weighted by Crippen LogP contribution is 2.19. The second-order valence-corrected chi connectivity index (χ2v) is 5.15. The Morgan fingerprint density at radius 2 is 1.83 bits per heavy atom. The lowest BCUT2D eigenvalue weighted by Crippen LogP contribution is -2.31. The average Bonchev–Trinajstić information content (AvgIpc) is 2.55. The van der Waals surface area contributed by atoms with Crippen LogP contribution in [0.15, 0.2) is 42.5 Å². The molecule has 1 amide bonds. The Hall–Kier alpha value is -2.63. The van der Waals surface area contributed by atoms with E-state index in [4.69, 9.17) is 9.47 Å². The molecular weight excluding hydrogens is 316 g/mol. The Kier molecular flexibility index (Phi) is 6.12. The van der Waals surface area contributed by atoms with Crippen LogP contribution in [0.2, 0.25) is 0 Å². The number of hydrogen-bond acceptors (Lipinski definition) is 3. The molecule has 0 saturated carbocycles. The summed E-state index contributed by atoms with van der Waals surface area (Å²) in [4.78, 5) is 11.9. The van der Waals surface area contributed by atoms with E-state index in [1.165, 1.54) is 0 Å². The summed E-state index contributed by atoms with van der Waals surface area (Å²) >= 11 is 0. The largest absolute Gasteiger partial charge is 0.494 e. The quantitative estimate of drug-likeness (QED) is 0.841. The molecule has 2 rings (SSSR count). The highest BCUT2D eigenvalue weighted by Gasteiger charge is 2.12. The zero-order valence-electron chi connectivity index (χ0n) is 13.5. The van der Waals surface area contributed by atoms with Gasteiger partial charge in [0.2, 0.25) is 0 Å². The topological polar surface area (TPSA) is 47.6 Å². The van der Waals surface area contributed by atoms with E-state index >= 15 is 0 Å². The molecule has 2 aromatic rings. The zero-order valence-corrected chi connectivity index (χ0v) is 13.5. The molecule has 4 nitrogen and oxygen atoms in total. The van der Waals surface area contributed by atoms with Crippen molar-refractivity contribution in [2.75, 3.05) is 13.2 Å². The Balaban J connectivity index is 1.87. The van der Waals surface area contributed by atoms with Crippen LogP contribution in [0.4, 0.5) is 8.78 Å². The number of benzene rings is 2. The number of carbonyl (C=O) groups excluding carboxylic acids is 1. The van der Waals surface area contributed by atoms with E-state index in [1.807, 2.05) is 38.1 Å². The van der Waals surface area contributed by atoms with Crippen LogP contribution in [0.5, 0.6) is 11.5 Å². The molecule has 0 saturated heterocycles. The minimum absolute atomic E-state index is 0.166. The van der Waals surface area contributed by atoms with E-state index in [2.05, 4.69) is 5.32 Å². The number of rotatable bonds is 7. The Labute approximate surface area is 139 Å². The van der Waals surface area contributed by atoms with Crippen molar-refractivity contribution in [3.05, 3.63) is 59.7 Å². The van der Waals surface area contributed by atoms with Crippen LogP contribution in [0.3, 0.4) is 0 Å². The molecule has 2 aromatic carbocycles. The molecule has 0 fully saturated rings. The second kappa shape index (κ2) is 8.29. The van der Waals surface area contributed by atoms with Crippen molar-refractivity contribution >= 4 is 5.91 Å². The molecular formula is C18H19F2NO3. The van der Waals surface area contributed by atoms with Crippen molar-refractivity contribution in [3.63, 3.8) is 0 Å². The van der Waals surface area contributed by atoms with E-state index in [9.17, 15) is 13.6 Å². The Morgan fingerprint density at radius 1 is 1.12 bits per heavy atom. The first-order valence-electron chi connectivity index (χ1n) is 7.59. The molecule has 0 aliphatic rings. The maximum absolute atomic E-state index is 13.4. The first-order chi connectivity index (χ1) is 11.5. The molecule has 1 atom stereocenters. The lowest BCUT2D eigenvalue weighted by atomic mass is 10.1. The van der Waals surface area contributed by atoms with E-state index in [-0.39, 0.29) is 18.4 Å². The number of hydrogen-bond donors (Lipinski definition) is 1. The van der Waals surface area contributed by atoms with Gasteiger partial charge in [0.05, 0.1) is 12.6 Å². The minimum Gasteiger partial charge on any atom is -0.494 e. The standard InChI is InChI=1S/C18H19F2NO3/c1-3-23-15-7-4-13(5-8-15)12(2)21-18(22)11-24-17-9-6-14(19)10-16(17)20/h4-10,12H,3,11H2,1-2H3,(H,21,22). The molecule has 0 aliphatic carbocycles. The fourth-order valence-electron chi connectivity index (χ4n) is 2.12. The molecule has 0 spiro atoms. The van der Waals surface area contributed by atoms with Crippen LogP contribution in [0.25, 0.3) is 0 Å². The number of ether oxygens (including phenoxy) is 2. The number of halogens is 2. The van der Waals surface area contributed by atoms with Crippen LogP contribution in [-0.4, -0.2) is 19.1 Å². The van der Waals surface area contributed by atoms with Gasteiger partial charge < -0.3 is 14.8 Å². The van der Waals surface area contributed by atoms with Gasteiger partial charge in [-0.15, -0.1) is 0 Å². The van der Waals surface area contributed by atoms with E-state index in [1.54, 1.807) is 0 Å². The van der Waals surface area contributed by atoms with Crippen molar-refractivity contribution in [1.82, 2.24) is 5.32 Å². The van der Waals surface area contributed by atoms with Gasteiger partial charge in [-0.1, -0.05) is 12.1 Å². The SMILES string of the molecule is CCOc1ccc(C(C)NC(=O)COc2ccc(F)cc2F)cc1. The fraction of sp³-hybridized carbons (Fsp3) is 0.278. The van der Waals surface area contributed by atoms with Gasteiger partial charge in [0.15, 0.2) is 18.2 Å². The molecule has 0 aliphatic heterocycles. The second-order valence-electron chi connectivity index (χ2n) is 5.15. The summed E-state index contributed by atoms with van der Waals surface area (Å²) in [5, 5.41) is 2.75. The lowest BCUT2D eigenvalue weighted by molar-refractivity contribution is -0.123. The van der Waals surface area contributed by atoms with Gasteiger partial charge in [0, 0.05) is 6.07 Å². The summed E-state index contributed by atoms with van der Waals surface area (Å²) in [6.07, 6.45) is 0. The van der Waals surface area contributed by atoms with Crippen LogP contribution in [0.1, 0.15) is 25.5 Å². The average molecular weight is 335 g/mol. The summed E-state index contributed by atoms with van der Waals surface area (Å²) < 4.78 is 36.6. The smallest absolute Gasteiger partial charge is 0.258 e. The maximum atomic E-state index is 13.4. The van der Waals surface area contributed by atoms with E-state index < -0.39 is 17.5 Å². The normalized spacial score (nSPS) is 11.7. The third-order valence-corrected chi connectivity index (χ3v) is 3.32. The van der Waals surface area contributed by atoms with Gasteiger partial charge >= 0.3 is 0 Å². The van der Waals surface area contributed by atoms with Gasteiger partial charge in [-0.05, 0) is 43.7 Å². The maximum Gasteiger partial charge on any atom is 0.258 e. The summed E-state index contributed by atoms with van der Waals surface area (Å²) in [6, 6.07) is 10.0. The van der Waals surface area contributed by atoms with Gasteiger partial charge in [-0.3, -0.25) is 4.79 Å². The molecule has 6 heteroatoms. The number of carbonyl (C=O) groups is 1. The van der Waals surface area contributed by atoms with Crippen LogP contribution in [0, 0.1) is 11.6 Å². The van der Waals surface area contributed by atoms with Gasteiger partial charge in [-0.2, -0.15) is 0 Å². The van der Waals surface area contributed by atoms with Gasteiger partial charge in [0.1, 0.15) is 11.6 Å². The van der Waals surface area contributed by atoms with Crippen molar-refractivity contribution in [3.8, 4) is 11.5 Å². The number of nitrogens with one attached hydrogen (secondary N) is 1. The highest BCUT2D eigenvalue weighted by atomic mass is 19.1. The zero-order chi connectivity index (χ0) is 17.5. The molecule has 1 N–H and O–H groups in total. The van der Waals surface area contributed by atoms with Crippen molar-refractivity contribution in [2.45, 2.75) is 19.9 Å². The summed E-state index contributed by atoms with van der Waals surface area (Å²) in [7, 11) is 0.